The molecular formula is C28H35N5O2. The van der Waals surface area contributed by atoms with Crippen LogP contribution < -0.4 is 10.6 Å². The molecule has 0 bridgehead atoms. The number of carbonyl (C=O) groups excluding carboxylic acids is 2. The van der Waals surface area contributed by atoms with E-state index >= 15 is 0 Å². The average molecular weight is 474 g/mol. The van der Waals surface area contributed by atoms with Crippen LogP contribution in [0.5, 0.6) is 0 Å². The Morgan fingerprint density at radius 1 is 1.09 bits per heavy atom. The van der Waals surface area contributed by atoms with Crippen molar-refractivity contribution in [2.75, 3.05) is 20.1 Å². The summed E-state index contributed by atoms with van der Waals surface area (Å²) in [4.78, 5) is 30.3. The van der Waals surface area contributed by atoms with Crippen molar-refractivity contribution >= 4 is 22.7 Å². The number of likely N-dealkylation sites (tertiary alicyclic amines) is 1. The number of nitrogens with one attached hydrogen (secondary N) is 2. The van der Waals surface area contributed by atoms with Gasteiger partial charge in [-0.15, -0.1) is 0 Å². The molecule has 0 saturated carbocycles. The summed E-state index contributed by atoms with van der Waals surface area (Å²) in [7, 11) is 4.19. The van der Waals surface area contributed by atoms with Crippen molar-refractivity contribution in [1.29, 1.82) is 0 Å². The van der Waals surface area contributed by atoms with E-state index in [4.69, 9.17) is 0 Å². The molecule has 2 saturated heterocycles. The molecule has 3 unspecified atom stereocenters. The number of carbonyl (C=O) groups is 2. The predicted molar refractivity (Wildman–Crippen MR) is 138 cm³/mol. The number of benzene rings is 2. The van der Waals surface area contributed by atoms with E-state index in [-0.39, 0.29) is 29.9 Å². The van der Waals surface area contributed by atoms with Gasteiger partial charge in [0, 0.05) is 68.8 Å². The molecule has 7 heteroatoms. The maximum absolute atomic E-state index is 13.2. The second kappa shape index (κ2) is 10.2. The Labute approximate surface area is 207 Å². The molecule has 2 amide bonds. The van der Waals surface area contributed by atoms with E-state index in [9.17, 15) is 9.59 Å². The molecule has 0 spiro atoms. The fraction of sp³-hybridized carbons (Fsp3) is 0.429. The second-order valence-electron chi connectivity index (χ2n) is 9.92. The summed E-state index contributed by atoms with van der Waals surface area (Å²) in [5.41, 5.74) is 3.57. The van der Waals surface area contributed by atoms with Crippen molar-refractivity contribution in [1.82, 2.24) is 25.0 Å². The van der Waals surface area contributed by atoms with Crippen molar-refractivity contribution in [3.05, 3.63) is 71.9 Å². The van der Waals surface area contributed by atoms with E-state index in [0.717, 1.165) is 31.5 Å². The quantitative estimate of drug-likeness (QED) is 0.554. The van der Waals surface area contributed by atoms with Crippen LogP contribution in [0.2, 0.25) is 0 Å². The zero-order valence-corrected chi connectivity index (χ0v) is 20.6. The first-order valence-corrected chi connectivity index (χ1v) is 12.6. The van der Waals surface area contributed by atoms with E-state index in [1.165, 1.54) is 16.5 Å². The van der Waals surface area contributed by atoms with Crippen LogP contribution in [-0.4, -0.2) is 64.4 Å². The molecule has 0 aliphatic carbocycles. The normalized spacial score (nSPS) is 23.1. The Morgan fingerprint density at radius 3 is 2.69 bits per heavy atom. The van der Waals surface area contributed by atoms with Crippen LogP contribution in [0, 0.1) is 0 Å². The van der Waals surface area contributed by atoms with Gasteiger partial charge in [-0.25, -0.2) is 0 Å². The lowest BCUT2D eigenvalue weighted by molar-refractivity contribution is -0.126. The molecule has 3 aromatic rings. The lowest BCUT2D eigenvalue weighted by atomic mass is 10.0. The van der Waals surface area contributed by atoms with Crippen LogP contribution in [-0.2, 0) is 29.7 Å². The summed E-state index contributed by atoms with van der Waals surface area (Å²) >= 11 is 0. The van der Waals surface area contributed by atoms with Crippen LogP contribution in [0.15, 0.2) is 60.8 Å². The Hall–Kier alpha value is -3.16. The minimum atomic E-state index is -0.170. The van der Waals surface area contributed by atoms with Gasteiger partial charge in [0.25, 0.3) is 0 Å². The number of fused-ring (bicyclic) bond motifs is 2. The molecule has 35 heavy (non-hydrogen) atoms. The molecule has 2 aliphatic heterocycles. The van der Waals surface area contributed by atoms with E-state index in [2.05, 4.69) is 69.6 Å². The second-order valence-corrected chi connectivity index (χ2v) is 9.92. The summed E-state index contributed by atoms with van der Waals surface area (Å²) in [6.45, 7) is 2.78. The van der Waals surface area contributed by atoms with Crippen LogP contribution in [0.25, 0.3) is 10.9 Å². The zero-order valence-electron chi connectivity index (χ0n) is 20.6. The maximum Gasteiger partial charge on any atom is 0.239 e. The van der Waals surface area contributed by atoms with Gasteiger partial charge in [0.2, 0.25) is 11.8 Å². The van der Waals surface area contributed by atoms with Crippen LogP contribution >= 0.6 is 0 Å². The van der Waals surface area contributed by atoms with Gasteiger partial charge in [0.15, 0.2) is 0 Å². The molecule has 2 aromatic carbocycles. The van der Waals surface area contributed by atoms with Crippen LogP contribution in [0.1, 0.15) is 30.4 Å². The first-order chi connectivity index (χ1) is 17.0. The highest BCUT2D eigenvalue weighted by Crippen LogP contribution is 2.30. The third-order valence-electron chi connectivity index (χ3n) is 7.74. The lowest BCUT2D eigenvalue weighted by Gasteiger charge is -2.33. The number of amides is 2. The third-order valence-corrected chi connectivity index (χ3v) is 7.74. The number of likely N-dealkylation sites (N-methyl/N-ethyl adjacent to an activating group) is 1. The summed E-state index contributed by atoms with van der Waals surface area (Å²) in [6.07, 6.45) is 4.32. The fourth-order valence-electron chi connectivity index (χ4n) is 5.78. The molecule has 2 fully saturated rings. The zero-order chi connectivity index (χ0) is 24.4. The van der Waals surface area contributed by atoms with Gasteiger partial charge in [-0.05, 0) is 37.1 Å². The molecule has 0 radical (unpaired) electrons. The van der Waals surface area contributed by atoms with Crippen molar-refractivity contribution in [3.8, 4) is 0 Å². The number of hydrogen-bond acceptors (Lipinski definition) is 4. The van der Waals surface area contributed by atoms with Gasteiger partial charge >= 0.3 is 0 Å². The van der Waals surface area contributed by atoms with Crippen molar-refractivity contribution < 1.29 is 9.59 Å². The van der Waals surface area contributed by atoms with Crippen molar-refractivity contribution in [3.63, 3.8) is 0 Å². The van der Waals surface area contributed by atoms with Crippen LogP contribution in [0.4, 0.5) is 0 Å². The van der Waals surface area contributed by atoms with Crippen LogP contribution in [0.3, 0.4) is 0 Å². The molecule has 2 aliphatic rings. The third kappa shape index (κ3) is 4.97. The summed E-state index contributed by atoms with van der Waals surface area (Å²) < 4.78 is 2.16. The van der Waals surface area contributed by atoms with Gasteiger partial charge in [0.1, 0.15) is 6.04 Å². The Morgan fingerprint density at radius 2 is 1.86 bits per heavy atom. The van der Waals surface area contributed by atoms with Gasteiger partial charge in [-0.3, -0.25) is 19.4 Å². The topological polar surface area (TPSA) is 69.6 Å². The lowest BCUT2D eigenvalue weighted by Crippen LogP contribution is -2.49. The Bertz CT molecular complexity index is 1190. The monoisotopic (exact) mass is 473 g/mol. The number of hydrogen-bond donors (Lipinski definition) is 2. The summed E-state index contributed by atoms with van der Waals surface area (Å²) in [5, 5.41) is 7.45. The molecule has 1 aromatic heterocycles. The smallest absolute Gasteiger partial charge is 0.239 e. The highest BCUT2D eigenvalue weighted by Gasteiger charge is 2.45. The maximum atomic E-state index is 13.2. The van der Waals surface area contributed by atoms with Crippen molar-refractivity contribution in [2.45, 2.75) is 50.5 Å². The molecule has 184 valence electrons. The molecule has 3 atom stereocenters. The Kier molecular flexibility index (Phi) is 6.88. The largest absolute Gasteiger partial charge is 0.353 e. The van der Waals surface area contributed by atoms with Gasteiger partial charge in [-0.1, -0.05) is 48.5 Å². The standard InChI is InChI=1S/C28H35N5O2/c1-31-18-21(23-10-6-7-11-24(23)31)19-33-15-14-25-27(33)28(35)30-17-22(32(25)2)12-13-26(34)29-16-20-8-4-3-5-9-20/h3-11,18,22,25,27H,12-17,19H2,1-2H3,(H,29,34)(H,30,35). The van der Waals surface area contributed by atoms with Crippen molar-refractivity contribution in [2.24, 2.45) is 7.05 Å². The molecule has 3 heterocycles. The first kappa shape index (κ1) is 23.6. The summed E-state index contributed by atoms with van der Waals surface area (Å²) in [5.74, 6) is 0.161. The van der Waals surface area contributed by atoms with E-state index in [1.54, 1.807) is 0 Å². The SMILES string of the molecule is CN1C(CCC(=O)NCc2ccccc2)CNC(=O)C2C1CCN2Cc1cn(C)c2ccccc12. The van der Waals surface area contributed by atoms with Gasteiger partial charge in [-0.2, -0.15) is 0 Å². The number of rotatable bonds is 7. The number of aromatic nitrogens is 1. The van der Waals surface area contributed by atoms with E-state index in [0.29, 0.717) is 19.5 Å². The highest BCUT2D eigenvalue weighted by molar-refractivity contribution is 5.85. The number of nitrogens with zero attached hydrogens (tertiary/aromatic N) is 3. The number of aryl methyl sites for hydroxylation is 1. The minimum Gasteiger partial charge on any atom is -0.353 e. The van der Waals surface area contributed by atoms with E-state index in [1.807, 2.05) is 30.3 Å². The molecule has 7 nitrogen and oxygen atoms in total. The highest BCUT2D eigenvalue weighted by atomic mass is 16.2. The average Bonchev–Trinajstić information content (AvgIpc) is 3.40. The molecular weight excluding hydrogens is 438 g/mol. The minimum absolute atomic E-state index is 0.0541. The van der Waals surface area contributed by atoms with Gasteiger partial charge in [0.05, 0.1) is 0 Å². The Balaban J connectivity index is 1.21. The predicted octanol–water partition coefficient (Wildman–Crippen LogP) is 2.65. The summed E-state index contributed by atoms with van der Waals surface area (Å²) in [6, 6.07) is 18.5. The van der Waals surface area contributed by atoms with Gasteiger partial charge < -0.3 is 15.2 Å². The molecule has 5 rings (SSSR count). The molecule has 2 N–H and O–H groups in total. The number of para-hydroxylation sites is 1. The van der Waals surface area contributed by atoms with E-state index < -0.39 is 0 Å². The fourth-order valence-corrected chi connectivity index (χ4v) is 5.78. The first-order valence-electron chi connectivity index (χ1n) is 12.6.